The van der Waals surface area contributed by atoms with Crippen LogP contribution in [0.3, 0.4) is 0 Å². The van der Waals surface area contributed by atoms with Crippen LogP contribution in [0, 0.1) is 0 Å². The molecule has 0 radical (unpaired) electrons. The highest BCUT2D eigenvalue weighted by Gasteiger charge is 2.21. The van der Waals surface area contributed by atoms with Gasteiger partial charge in [-0.3, -0.25) is 4.98 Å². The maximum Gasteiger partial charge on any atom is 0.0490 e. The zero-order chi connectivity index (χ0) is 11.8. The Balaban J connectivity index is 2.08. The van der Waals surface area contributed by atoms with Gasteiger partial charge in [-0.2, -0.15) is 0 Å². The van der Waals surface area contributed by atoms with Gasteiger partial charge in [-0.05, 0) is 51.4 Å². The highest BCUT2D eigenvalue weighted by atomic mass is 15.1. The first kappa shape index (κ1) is 10.8. The van der Waals surface area contributed by atoms with Gasteiger partial charge in [-0.15, -0.1) is 0 Å². The smallest absolute Gasteiger partial charge is 0.0490 e. The third-order valence-corrected chi connectivity index (χ3v) is 3.93. The molecule has 0 spiro atoms. The van der Waals surface area contributed by atoms with Crippen LogP contribution in [0.25, 0.3) is 10.9 Å². The third kappa shape index (κ3) is 1.84. The van der Waals surface area contributed by atoms with Crippen LogP contribution in [0.1, 0.15) is 24.1 Å². The van der Waals surface area contributed by atoms with E-state index in [9.17, 15) is 0 Å². The Morgan fingerprint density at radius 2 is 2.29 bits per heavy atom. The molecule has 2 heterocycles. The van der Waals surface area contributed by atoms with Crippen molar-refractivity contribution in [3.63, 3.8) is 0 Å². The second-order valence-corrected chi connectivity index (χ2v) is 5.22. The van der Waals surface area contributed by atoms with Gasteiger partial charge in [0.25, 0.3) is 0 Å². The first-order valence-corrected chi connectivity index (χ1v) is 6.35. The largest absolute Gasteiger partial charge is 0.358 e. The van der Waals surface area contributed by atoms with Crippen LogP contribution >= 0.6 is 0 Å². The van der Waals surface area contributed by atoms with E-state index in [1.165, 1.54) is 41.4 Å². The van der Waals surface area contributed by atoms with Gasteiger partial charge >= 0.3 is 0 Å². The van der Waals surface area contributed by atoms with Crippen LogP contribution in [0.2, 0.25) is 0 Å². The van der Waals surface area contributed by atoms with Crippen molar-refractivity contribution >= 4 is 10.9 Å². The normalized spacial score (nSPS) is 20.5. The summed E-state index contributed by atoms with van der Waals surface area (Å²) in [5.74, 6) is 0. The fourth-order valence-corrected chi connectivity index (χ4v) is 2.88. The van der Waals surface area contributed by atoms with Crippen molar-refractivity contribution in [2.75, 3.05) is 14.1 Å². The SMILES string of the molecule is CN(C)[C@H]1CCCc2[nH]c3ccncc3c2C1. The van der Waals surface area contributed by atoms with Crippen molar-refractivity contribution in [2.45, 2.75) is 31.7 Å². The first-order chi connectivity index (χ1) is 8.25. The number of likely N-dealkylation sites (N-methyl/N-ethyl adjacent to an activating group) is 1. The minimum Gasteiger partial charge on any atom is -0.358 e. The molecule has 0 fully saturated rings. The number of pyridine rings is 1. The lowest BCUT2D eigenvalue weighted by Gasteiger charge is -2.22. The van der Waals surface area contributed by atoms with Gasteiger partial charge in [-0.1, -0.05) is 0 Å². The molecular weight excluding hydrogens is 210 g/mol. The van der Waals surface area contributed by atoms with Crippen LogP contribution in [0.4, 0.5) is 0 Å². The molecule has 17 heavy (non-hydrogen) atoms. The summed E-state index contributed by atoms with van der Waals surface area (Å²) in [7, 11) is 4.37. The number of rotatable bonds is 1. The van der Waals surface area contributed by atoms with E-state index < -0.39 is 0 Å². The topological polar surface area (TPSA) is 31.9 Å². The molecule has 1 aliphatic carbocycles. The maximum atomic E-state index is 4.26. The molecule has 0 unspecified atom stereocenters. The van der Waals surface area contributed by atoms with Crippen molar-refractivity contribution < 1.29 is 0 Å². The van der Waals surface area contributed by atoms with E-state index in [1.54, 1.807) is 0 Å². The molecule has 1 N–H and O–H groups in total. The van der Waals surface area contributed by atoms with Crippen molar-refractivity contribution in [3.05, 3.63) is 29.7 Å². The number of aromatic amines is 1. The minimum atomic E-state index is 0.662. The second-order valence-electron chi connectivity index (χ2n) is 5.22. The van der Waals surface area contributed by atoms with Crippen LogP contribution < -0.4 is 0 Å². The van der Waals surface area contributed by atoms with E-state index in [4.69, 9.17) is 0 Å². The number of hydrogen-bond donors (Lipinski definition) is 1. The van der Waals surface area contributed by atoms with Gasteiger partial charge in [0, 0.05) is 35.0 Å². The van der Waals surface area contributed by atoms with E-state index in [0.717, 1.165) is 6.42 Å². The standard InChI is InChI=1S/C14H19N3/c1-17(2)10-4-3-5-13-11(8-10)12-9-15-7-6-14(12)16-13/h6-7,9-10,16H,3-5,8H2,1-2H3/t10-/m0/s1. The average molecular weight is 229 g/mol. The quantitative estimate of drug-likeness (QED) is 0.761. The molecule has 2 aromatic heterocycles. The summed E-state index contributed by atoms with van der Waals surface area (Å²) in [4.78, 5) is 10.2. The molecule has 90 valence electrons. The predicted molar refractivity (Wildman–Crippen MR) is 70.2 cm³/mol. The van der Waals surface area contributed by atoms with Crippen LogP contribution in [-0.4, -0.2) is 35.0 Å². The Bertz CT molecular complexity index is 527. The number of nitrogens with zero attached hydrogens (tertiary/aromatic N) is 2. The summed E-state index contributed by atoms with van der Waals surface area (Å²) in [5.41, 5.74) is 4.16. The third-order valence-electron chi connectivity index (χ3n) is 3.93. The van der Waals surface area contributed by atoms with Crippen molar-refractivity contribution in [3.8, 4) is 0 Å². The van der Waals surface area contributed by atoms with Gasteiger partial charge in [0.05, 0.1) is 0 Å². The number of aromatic nitrogens is 2. The fraction of sp³-hybridized carbons (Fsp3) is 0.500. The Kier molecular flexibility index (Phi) is 2.63. The molecule has 3 heteroatoms. The second kappa shape index (κ2) is 4.15. The van der Waals surface area contributed by atoms with Gasteiger partial charge in [-0.25, -0.2) is 0 Å². The van der Waals surface area contributed by atoms with E-state index in [1.807, 2.05) is 12.4 Å². The maximum absolute atomic E-state index is 4.26. The molecule has 0 saturated carbocycles. The Morgan fingerprint density at radius 3 is 3.12 bits per heavy atom. The molecule has 1 atom stereocenters. The molecule has 0 bridgehead atoms. The molecule has 0 amide bonds. The van der Waals surface area contributed by atoms with Crippen LogP contribution in [-0.2, 0) is 12.8 Å². The van der Waals surface area contributed by atoms with Crippen molar-refractivity contribution in [2.24, 2.45) is 0 Å². The first-order valence-electron chi connectivity index (χ1n) is 6.35. The van der Waals surface area contributed by atoms with Gasteiger partial charge in [0.15, 0.2) is 0 Å². The number of H-pyrrole nitrogens is 1. The molecular formula is C14H19N3. The van der Waals surface area contributed by atoms with E-state index in [2.05, 4.69) is 35.0 Å². The molecule has 3 nitrogen and oxygen atoms in total. The van der Waals surface area contributed by atoms with E-state index >= 15 is 0 Å². The van der Waals surface area contributed by atoms with Crippen LogP contribution in [0.5, 0.6) is 0 Å². The number of fused-ring (bicyclic) bond motifs is 3. The lowest BCUT2D eigenvalue weighted by Crippen LogP contribution is -2.29. The predicted octanol–water partition coefficient (Wildman–Crippen LogP) is 2.37. The van der Waals surface area contributed by atoms with Crippen LogP contribution in [0.15, 0.2) is 18.5 Å². The summed E-state index contributed by atoms with van der Waals surface area (Å²) in [6.45, 7) is 0. The summed E-state index contributed by atoms with van der Waals surface area (Å²) >= 11 is 0. The number of aryl methyl sites for hydroxylation is 1. The lowest BCUT2D eigenvalue weighted by atomic mass is 10.0. The molecule has 0 aromatic carbocycles. The summed E-state index contributed by atoms with van der Waals surface area (Å²) < 4.78 is 0. The zero-order valence-corrected chi connectivity index (χ0v) is 10.5. The van der Waals surface area contributed by atoms with Crippen molar-refractivity contribution in [1.29, 1.82) is 0 Å². The highest BCUT2D eigenvalue weighted by Crippen LogP contribution is 2.28. The lowest BCUT2D eigenvalue weighted by molar-refractivity contribution is 0.277. The molecule has 1 aliphatic rings. The van der Waals surface area contributed by atoms with Gasteiger partial charge in [0.1, 0.15) is 0 Å². The Labute approximate surface area is 102 Å². The van der Waals surface area contributed by atoms with E-state index in [0.29, 0.717) is 6.04 Å². The fourth-order valence-electron chi connectivity index (χ4n) is 2.88. The van der Waals surface area contributed by atoms with Crippen molar-refractivity contribution in [1.82, 2.24) is 14.9 Å². The summed E-state index contributed by atoms with van der Waals surface area (Å²) in [5, 5.41) is 1.32. The summed E-state index contributed by atoms with van der Waals surface area (Å²) in [6, 6.07) is 2.74. The number of nitrogens with one attached hydrogen (secondary N) is 1. The highest BCUT2D eigenvalue weighted by molar-refractivity contribution is 5.83. The zero-order valence-electron chi connectivity index (χ0n) is 10.5. The Morgan fingerprint density at radius 1 is 1.41 bits per heavy atom. The Hall–Kier alpha value is -1.35. The molecule has 0 saturated heterocycles. The monoisotopic (exact) mass is 229 g/mol. The minimum absolute atomic E-state index is 0.662. The molecule has 0 aliphatic heterocycles. The molecule has 3 rings (SSSR count). The molecule has 2 aromatic rings. The average Bonchev–Trinajstić information content (AvgIpc) is 2.53. The van der Waals surface area contributed by atoms with Gasteiger partial charge in [0.2, 0.25) is 0 Å². The summed E-state index contributed by atoms with van der Waals surface area (Å²) in [6.07, 6.45) is 8.75. The number of hydrogen-bond acceptors (Lipinski definition) is 2. The van der Waals surface area contributed by atoms with Gasteiger partial charge < -0.3 is 9.88 Å². The van der Waals surface area contributed by atoms with E-state index in [-0.39, 0.29) is 0 Å².